The maximum atomic E-state index is 11.4. The Morgan fingerprint density at radius 2 is 2.29 bits per heavy atom. The Balaban J connectivity index is 2.57. The monoisotopic (exact) mass is 233 g/mol. The van der Waals surface area contributed by atoms with Crippen molar-refractivity contribution in [3.63, 3.8) is 0 Å². The maximum absolute atomic E-state index is 11.4. The Hall–Kier alpha value is -2.39. The topological polar surface area (TPSA) is 84.3 Å². The zero-order chi connectivity index (χ0) is 12.7. The smallest absolute Gasteiger partial charge is 0.271 e. The molecule has 0 radical (unpaired) electrons. The van der Waals surface area contributed by atoms with Gasteiger partial charge in [0.25, 0.3) is 5.69 Å². The highest BCUT2D eigenvalue weighted by Gasteiger charge is 2.07. The number of nitrogens with one attached hydrogen (secondary N) is 2. The van der Waals surface area contributed by atoms with Crippen LogP contribution in [0.25, 0.3) is 0 Å². The van der Waals surface area contributed by atoms with Crippen molar-refractivity contribution >= 4 is 17.3 Å². The minimum absolute atomic E-state index is 0.0624. The van der Waals surface area contributed by atoms with E-state index >= 15 is 0 Å². The number of amides is 1. The number of carbonyl (C=O) groups excluding carboxylic acids is 1. The fraction of sp³-hybridized carbons (Fsp3) is 0.182. The molecule has 17 heavy (non-hydrogen) atoms. The number of benzene rings is 1. The van der Waals surface area contributed by atoms with Gasteiger partial charge in [0.15, 0.2) is 0 Å². The molecule has 1 aromatic carbocycles. The summed E-state index contributed by atoms with van der Waals surface area (Å²) in [6.07, 6.45) is 5.00. The van der Waals surface area contributed by atoms with E-state index in [1.54, 1.807) is 6.07 Å². The second-order valence-electron chi connectivity index (χ2n) is 3.16. The van der Waals surface area contributed by atoms with Gasteiger partial charge in [-0.25, -0.2) is 0 Å². The van der Waals surface area contributed by atoms with Crippen LogP contribution >= 0.6 is 0 Å². The quantitative estimate of drug-likeness (QED) is 0.340. The van der Waals surface area contributed by atoms with Gasteiger partial charge in [0.1, 0.15) is 0 Å². The summed E-state index contributed by atoms with van der Waals surface area (Å²) in [6.45, 7) is 0.356. The van der Waals surface area contributed by atoms with Crippen molar-refractivity contribution in [2.45, 2.75) is 0 Å². The first-order valence-corrected chi connectivity index (χ1v) is 4.82. The molecule has 0 aliphatic rings. The average molecular weight is 233 g/mol. The minimum Gasteiger partial charge on any atom is -0.325 e. The van der Waals surface area contributed by atoms with E-state index in [1.807, 2.05) is 0 Å². The van der Waals surface area contributed by atoms with E-state index in [0.29, 0.717) is 12.2 Å². The molecule has 6 heteroatoms. The van der Waals surface area contributed by atoms with Crippen LogP contribution in [0, 0.1) is 22.5 Å². The van der Waals surface area contributed by atoms with Gasteiger partial charge in [0, 0.05) is 17.8 Å². The number of nitro benzene ring substituents is 1. The molecule has 1 rings (SSSR count). The van der Waals surface area contributed by atoms with E-state index in [1.165, 1.54) is 18.2 Å². The highest BCUT2D eigenvalue weighted by atomic mass is 16.6. The number of hydrogen-bond donors (Lipinski definition) is 2. The molecule has 0 aliphatic heterocycles. The summed E-state index contributed by atoms with van der Waals surface area (Å²) in [5.41, 5.74) is 0.311. The molecule has 2 N–H and O–H groups in total. The zero-order valence-corrected chi connectivity index (χ0v) is 8.97. The van der Waals surface area contributed by atoms with Crippen LogP contribution in [-0.4, -0.2) is 23.9 Å². The predicted octanol–water partition coefficient (Wildman–Crippen LogP) is 0.756. The Bertz CT molecular complexity index is 465. The number of non-ortho nitro benzene ring substituents is 1. The van der Waals surface area contributed by atoms with Gasteiger partial charge in [-0.05, 0) is 6.07 Å². The normalized spacial score (nSPS) is 9.35. The van der Waals surface area contributed by atoms with Crippen LogP contribution in [0.5, 0.6) is 0 Å². The van der Waals surface area contributed by atoms with Crippen LogP contribution in [0.1, 0.15) is 0 Å². The number of hydrogen-bond acceptors (Lipinski definition) is 4. The number of nitrogens with zero attached hydrogens (tertiary/aromatic N) is 1. The van der Waals surface area contributed by atoms with Gasteiger partial charge in [-0.3, -0.25) is 20.2 Å². The van der Waals surface area contributed by atoms with Gasteiger partial charge in [-0.2, -0.15) is 0 Å². The van der Waals surface area contributed by atoms with Gasteiger partial charge < -0.3 is 5.32 Å². The van der Waals surface area contributed by atoms with Crippen molar-refractivity contribution in [2.75, 3.05) is 18.4 Å². The lowest BCUT2D eigenvalue weighted by Gasteiger charge is -2.04. The average Bonchev–Trinajstić information content (AvgIpc) is 2.29. The van der Waals surface area contributed by atoms with Crippen molar-refractivity contribution in [1.82, 2.24) is 5.32 Å². The Kier molecular flexibility index (Phi) is 4.66. The third-order valence-electron chi connectivity index (χ3n) is 1.85. The summed E-state index contributed by atoms with van der Waals surface area (Å²) in [7, 11) is 0. The van der Waals surface area contributed by atoms with Crippen molar-refractivity contribution in [1.29, 1.82) is 0 Å². The van der Waals surface area contributed by atoms with Crippen molar-refractivity contribution in [3.05, 3.63) is 34.4 Å². The van der Waals surface area contributed by atoms with E-state index in [9.17, 15) is 14.9 Å². The molecule has 1 amide bonds. The third kappa shape index (κ3) is 4.32. The molecule has 0 saturated heterocycles. The third-order valence-corrected chi connectivity index (χ3v) is 1.85. The second kappa shape index (κ2) is 6.25. The summed E-state index contributed by atoms with van der Waals surface area (Å²) in [5, 5.41) is 15.7. The second-order valence-corrected chi connectivity index (χ2v) is 3.16. The van der Waals surface area contributed by atoms with Gasteiger partial charge in [0.05, 0.1) is 18.0 Å². The molecule has 0 unspecified atom stereocenters. The van der Waals surface area contributed by atoms with Gasteiger partial charge in [-0.15, -0.1) is 6.42 Å². The number of carbonyl (C=O) groups is 1. The van der Waals surface area contributed by atoms with Gasteiger partial charge in [-0.1, -0.05) is 12.0 Å². The number of rotatable bonds is 5. The Morgan fingerprint density at radius 1 is 1.53 bits per heavy atom. The molecule has 0 saturated carbocycles. The van der Waals surface area contributed by atoms with Crippen molar-refractivity contribution < 1.29 is 9.72 Å². The summed E-state index contributed by atoms with van der Waals surface area (Å²) in [5.74, 6) is 2.03. The Morgan fingerprint density at radius 3 is 2.94 bits per heavy atom. The summed E-state index contributed by atoms with van der Waals surface area (Å²) in [4.78, 5) is 21.3. The van der Waals surface area contributed by atoms with Gasteiger partial charge >= 0.3 is 0 Å². The van der Waals surface area contributed by atoms with E-state index in [0.717, 1.165) is 0 Å². The standard InChI is InChI=1S/C11H11N3O3/c1-2-6-12-8-11(15)13-9-4-3-5-10(7-9)14(16)17/h1,3-5,7,12H,6,8H2,(H,13,15). The number of nitro groups is 1. The van der Waals surface area contributed by atoms with E-state index in [-0.39, 0.29) is 18.1 Å². The van der Waals surface area contributed by atoms with E-state index < -0.39 is 4.92 Å². The fourth-order valence-electron chi connectivity index (χ4n) is 1.15. The first-order chi connectivity index (χ1) is 8.13. The molecule has 0 atom stereocenters. The molecule has 0 aliphatic carbocycles. The molecule has 6 nitrogen and oxygen atoms in total. The molecule has 0 bridgehead atoms. The van der Waals surface area contributed by atoms with Crippen molar-refractivity contribution in [3.8, 4) is 12.3 Å². The molecule has 1 aromatic rings. The summed E-state index contributed by atoms with van der Waals surface area (Å²) >= 11 is 0. The lowest BCUT2D eigenvalue weighted by atomic mass is 10.3. The van der Waals surface area contributed by atoms with E-state index in [2.05, 4.69) is 16.6 Å². The minimum atomic E-state index is -0.522. The molecule has 0 heterocycles. The molecule has 0 aromatic heterocycles. The molecular weight excluding hydrogens is 222 g/mol. The lowest BCUT2D eigenvalue weighted by Crippen LogP contribution is -2.28. The largest absolute Gasteiger partial charge is 0.325 e. The Labute approximate surface area is 98.2 Å². The van der Waals surface area contributed by atoms with E-state index in [4.69, 9.17) is 6.42 Å². The maximum Gasteiger partial charge on any atom is 0.271 e. The lowest BCUT2D eigenvalue weighted by molar-refractivity contribution is -0.384. The molecule has 0 spiro atoms. The highest BCUT2D eigenvalue weighted by molar-refractivity contribution is 5.92. The van der Waals surface area contributed by atoms with Crippen LogP contribution in [0.2, 0.25) is 0 Å². The summed E-state index contributed by atoms with van der Waals surface area (Å²) < 4.78 is 0. The van der Waals surface area contributed by atoms with Crippen LogP contribution in [-0.2, 0) is 4.79 Å². The van der Waals surface area contributed by atoms with Crippen LogP contribution in [0.15, 0.2) is 24.3 Å². The first-order valence-electron chi connectivity index (χ1n) is 4.82. The number of terminal acetylenes is 1. The van der Waals surface area contributed by atoms with Crippen molar-refractivity contribution in [2.24, 2.45) is 0 Å². The fourth-order valence-corrected chi connectivity index (χ4v) is 1.15. The molecular formula is C11H11N3O3. The summed E-state index contributed by atoms with van der Waals surface area (Å²) in [6, 6.07) is 5.72. The van der Waals surface area contributed by atoms with Crippen LogP contribution < -0.4 is 10.6 Å². The van der Waals surface area contributed by atoms with Crippen LogP contribution in [0.4, 0.5) is 11.4 Å². The number of anilines is 1. The molecule has 0 fully saturated rings. The highest BCUT2D eigenvalue weighted by Crippen LogP contribution is 2.16. The van der Waals surface area contributed by atoms with Crippen LogP contribution in [0.3, 0.4) is 0 Å². The van der Waals surface area contributed by atoms with Gasteiger partial charge in [0.2, 0.25) is 5.91 Å². The predicted molar refractivity (Wildman–Crippen MR) is 63.4 cm³/mol. The first kappa shape index (κ1) is 12.7. The molecule has 88 valence electrons. The SMILES string of the molecule is C#CCNCC(=O)Nc1cccc([N+](=O)[O-])c1. The zero-order valence-electron chi connectivity index (χ0n) is 8.97.